The number of nitrogens with zero attached hydrogens (tertiary/aromatic N) is 1. The lowest BCUT2D eigenvalue weighted by Gasteiger charge is -2.34. The number of likely N-dealkylation sites (N-methyl/N-ethyl adjacent to an activating group) is 1. The van der Waals surface area contributed by atoms with Gasteiger partial charge in [0.25, 0.3) is 11.8 Å². The number of nitrogens with one attached hydrogen (secondary N) is 1. The SMILES string of the molecule is CNC(=O)[C@@H]1CN(C(=O)c2ccc(CC(C)C)cc2)c2ccccc2O1. The molecule has 2 amide bonds. The molecule has 0 spiro atoms. The molecule has 0 bridgehead atoms. The lowest BCUT2D eigenvalue weighted by atomic mass is 10.0. The highest BCUT2D eigenvalue weighted by Gasteiger charge is 2.33. The molecule has 0 aromatic heterocycles. The Morgan fingerprint density at radius 1 is 1.15 bits per heavy atom. The number of carbonyl (C=O) groups is 2. The normalized spacial score (nSPS) is 16.0. The minimum Gasteiger partial charge on any atom is -0.477 e. The zero-order valence-electron chi connectivity index (χ0n) is 15.4. The molecular formula is C21H24N2O3. The predicted molar refractivity (Wildman–Crippen MR) is 102 cm³/mol. The summed E-state index contributed by atoms with van der Waals surface area (Å²) in [6.07, 6.45) is 0.257. The van der Waals surface area contributed by atoms with E-state index < -0.39 is 6.10 Å². The van der Waals surface area contributed by atoms with Gasteiger partial charge in [-0.2, -0.15) is 0 Å². The van der Waals surface area contributed by atoms with Gasteiger partial charge in [-0.3, -0.25) is 9.59 Å². The summed E-state index contributed by atoms with van der Waals surface area (Å²) in [6, 6.07) is 15.0. The number of para-hydroxylation sites is 2. The topological polar surface area (TPSA) is 58.6 Å². The minimum absolute atomic E-state index is 0.134. The molecule has 26 heavy (non-hydrogen) atoms. The van der Waals surface area contributed by atoms with E-state index in [1.165, 1.54) is 5.56 Å². The Morgan fingerprint density at radius 3 is 2.50 bits per heavy atom. The molecule has 0 aliphatic carbocycles. The molecule has 1 N–H and O–H groups in total. The quantitative estimate of drug-likeness (QED) is 0.920. The highest BCUT2D eigenvalue weighted by Crippen LogP contribution is 2.34. The summed E-state index contributed by atoms with van der Waals surface area (Å²) >= 11 is 0. The van der Waals surface area contributed by atoms with Crippen LogP contribution < -0.4 is 15.0 Å². The smallest absolute Gasteiger partial charge is 0.262 e. The maximum absolute atomic E-state index is 13.1. The zero-order valence-corrected chi connectivity index (χ0v) is 15.4. The lowest BCUT2D eigenvalue weighted by Crippen LogP contribution is -2.50. The van der Waals surface area contributed by atoms with E-state index in [1.54, 1.807) is 18.0 Å². The van der Waals surface area contributed by atoms with Gasteiger partial charge in [-0.25, -0.2) is 0 Å². The van der Waals surface area contributed by atoms with Gasteiger partial charge in [0.15, 0.2) is 6.10 Å². The van der Waals surface area contributed by atoms with Gasteiger partial charge in [-0.1, -0.05) is 38.1 Å². The summed E-state index contributed by atoms with van der Waals surface area (Å²) < 4.78 is 5.76. The number of rotatable bonds is 4. The Hall–Kier alpha value is -2.82. The number of benzene rings is 2. The predicted octanol–water partition coefficient (Wildman–Crippen LogP) is 3.04. The van der Waals surface area contributed by atoms with Crippen LogP contribution in [0.5, 0.6) is 5.75 Å². The van der Waals surface area contributed by atoms with Gasteiger partial charge in [0.2, 0.25) is 0 Å². The average molecular weight is 352 g/mol. The maximum Gasteiger partial charge on any atom is 0.262 e. The molecule has 1 atom stereocenters. The number of hydrogen-bond acceptors (Lipinski definition) is 3. The second-order valence-corrected chi connectivity index (χ2v) is 6.90. The summed E-state index contributed by atoms with van der Waals surface area (Å²) in [5.74, 6) is 0.725. The van der Waals surface area contributed by atoms with Crippen LogP contribution in [0.1, 0.15) is 29.8 Å². The third-order valence-electron chi connectivity index (χ3n) is 4.40. The Kier molecular flexibility index (Phi) is 5.26. The number of fused-ring (bicyclic) bond motifs is 1. The van der Waals surface area contributed by atoms with Crippen molar-refractivity contribution in [2.75, 3.05) is 18.5 Å². The largest absolute Gasteiger partial charge is 0.477 e. The van der Waals surface area contributed by atoms with Gasteiger partial charge >= 0.3 is 0 Å². The lowest BCUT2D eigenvalue weighted by molar-refractivity contribution is -0.127. The van der Waals surface area contributed by atoms with E-state index in [9.17, 15) is 9.59 Å². The van der Waals surface area contributed by atoms with Crippen LogP contribution in [0, 0.1) is 5.92 Å². The van der Waals surface area contributed by atoms with Gasteiger partial charge in [0.1, 0.15) is 5.75 Å². The van der Waals surface area contributed by atoms with Crippen molar-refractivity contribution >= 4 is 17.5 Å². The first-order valence-corrected chi connectivity index (χ1v) is 8.87. The first-order chi connectivity index (χ1) is 12.5. The number of hydrogen-bond donors (Lipinski definition) is 1. The fraction of sp³-hybridized carbons (Fsp3) is 0.333. The summed E-state index contributed by atoms with van der Waals surface area (Å²) in [6.45, 7) is 4.52. The fourth-order valence-electron chi connectivity index (χ4n) is 3.13. The number of amides is 2. The van der Waals surface area contributed by atoms with Gasteiger partial charge < -0.3 is 15.0 Å². The van der Waals surface area contributed by atoms with Gasteiger partial charge in [0.05, 0.1) is 12.2 Å². The molecule has 1 heterocycles. The second-order valence-electron chi connectivity index (χ2n) is 6.90. The monoisotopic (exact) mass is 352 g/mol. The molecule has 0 saturated heterocycles. The van der Waals surface area contributed by atoms with Crippen LogP contribution in [-0.4, -0.2) is 31.5 Å². The molecule has 3 rings (SSSR count). The van der Waals surface area contributed by atoms with Crippen LogP contribution in [0.2, 0.25) is 0 Å². The first-order valence-electron chi connectivity index (χ1n) is 8.87. The van der Waals surface area contributed by atoms with E-state index in [1.807, 2.05) is 42.5 Å². The molecule has 1 aliphatic heterocycles. The van der Waals surface area contributed by atoms with Crippen molar-refractivity contribution < 1.29 is 14.3 Å². The third kappa shape index (κ3) is 3.72. The Balaban J connectivity index is 1.88. The molecule has 2 aromatic carbocycles. The van der Waals surface area contributed by atoms with Crippen LogP contribution in [0.4, 0.5) is 5.69 Å². The molecule has 0 unspecified atom stereocenters. The van der Waals surface area contributed by atoms with Gasteiger partial charge in [-0.05, 0) is 42.2 Å². The van der Waals surface area contributed by atoms with Crippen LogP contribution in [0.15, 0.2) is 48.5 Å². The van der Waals surface area contributed by atoms with Crippen molar-refractivity contribution in [3.63, 3.8) is 0 Å². The van der Waals surface area contributed by atoms with Crippen molar-refractivity contribution in [1.29, 1.82) is 0 Å². The highest BCUT2D eigenvalue weighted by atomic mass is 16.5. The fourth-order valence-corrected chi connectivity index (χ4v) is 3.13. The highest BCUT2D eigenvalue weighted by molar-refractivity contribution is 6.07. The molecular weight excluding hydrogens is 328 g/mol. The molecule has 136 valence electrons. The zero-order chi connectivity index (χ0) is 18.7. The van der Waals surface area contributed by atoms with E-state index in [4.69, 9.17) is 4.74 Å². The first kappa shape index (κ1) is 18.0. The van der Waals surface area contributed by atoms with E-state index in [0.29, 0.717) is 22.9 Å². The minimum atomic E-state index is -0.723. The van der Waals surface area contributed by atoms with Crippen molar-refractivity contribution in [1.82, 2.24) is 5.32 Å². The molecule has 2 aromatic rings. The van der Waals surface area contributed by atoms with Gasteiger partial charge in [0, 0.05) is 12.6 Å². The molecule has 5 nitrogen and oxygen atoms in total. The molecule has 5 heteroatoms. The molecule has 0 fully saturated rings. The van der Waals surface area contributed by atoms with Crippen LogP contribution in [-0.2, 0) is 11.2 Å². The van der Waals surface area contributed by atoms with E-state index in [-0.39, 0.29) is 18.4 Å². The summed E-state index contributed by atoms with van der Waals surface area (Å²) in [5.41, 5.74) is 2.50. The van der Waals surface area contributed by atoms with Crippen molar-refractivity contribution in [2.45, 2.75) is 26.4 Å². The number of carbonyl (C=O) groups excluding carboxylic acids is 2. The van der Waals surface area contributed by atoms with Crippen molar-refractivity contribution in [3.8, 4) is 5.75 Å². The van der Waals surface area contributed by atoms with Crippen LogP contribution in [0.25, 0.3) is 0 Å². The van der Waals surface area contributed by atoms with E-state index in [0.717, 1.165) is 6.42 Å². The Labute approximate surface area is 154 Å². The summed E-state index contributed by atoms with van der Waals surface area (Å²) in [7, 11) is 1.56. The van der Waals surface area contributed by atoms with Crippen LogP contribution >= 0.6 is 0 Å². The van der Waals surface area contributed by atoms with Gasteiger partial charge in [-0.15, -0.1) is 0 Å². The number of ether oxygens (including phenoxy) is 1. The van der Waals surface area contributed by atoms with Crippen molar-refractivity contribution in [2.24, 2.45) is 5.92 Å². The van der Waals surface area contributed by atoms with Crippen LogP contribution in [0.3, 0.4) is 0 Å². The number of anilines is 1. The second kappa shape index (κ2) is 7.60. The Bertz CT molecular complexity index is 799. The standard InChI is InChI=1S/C21H24N2O3/c1-14(2)12-15-8-10-16(11-9-15)21(25)23-13-19(20(24)22-3)26-18-7-5-4-6-17(18)23/h4-11,14,19H,12-13H2,1-3H3,(H,22,24)/t19-/m0/s1. The van der Waals surface area contributed by atoms with Crippen molar-refractivity contribution in [3.05, 3.63) is 59.7 Å². The maximum atomic E-state index is 13.1. The molecule has 1 aliphatic rings. The summed E-state index contributed by atoms with van der Waals surface area (Å²) in [5, 5.41) is 2.59. The third-order valence-corrected chi connectivity index (χ3v) is 4.40. The van der Waals surface area contributed by atoms with E-state index >= 15 is 0 Å². The molecule has 0 saturated carbocycles. The average Bonchev–Trinajstić information content (AvgIpc) is 2.66. The van der Waals surface area contributed by atoms with E-state index in [2.05, 4.69) is 19.2 Å². The molecule has 0 radical (unpaired) electrons. The Morgan fingerprint density at radius 2 is 1.85 bits per heavy atom. The summed E-state index contributed by atoms with van der Waals surface area (Å²) in [4.78, 5) is 26.8.